The van der Waals surface area contributed by atoms with Gasteiger partial charge in [0.25, 0.3) is 0 Å². The van der Waals surface area contributed by atoms with Gasteiger partial charge < -0.3 is 4.90 Å². The molecule has 24 heavy (non-hydrogen) atoms. The van der Waals surface area contributed by atoms with Gasteiger partial charge in [-0.1, -0.05) is 24.1 Å². The molecular formula is C19H26ClFN2O. The predicted molar refractivity (Wildman–Crippen MR) is 94.4 cm³/mol. The smallest absolute Gasteiger partial charge is 0.225 e. The van der Waals surface area contributed by atoms with Crippen LogP contribution in [-0.4, -0.2) is 42.4 Å². The lowest BCUT2D eigenvalue weighted by atomic mass is 9.84. The summed E-state index contributed by atoms with van der Waals surface area (Å²) in [7, 11) is 1.94. The zero-order chi connectivity index (χ0) is 17.1. The largest absolute Gasteiger partial charge is 0.345 e. The third-order valence-electron chi connectivity index (χ3n) is 5.51. The zero-order valence-electron chi connectivity index (χ0n) is 14.3. The number of likely N-dealkylation sites (tertiary alicyclic amines) is 1. The maximum atomic E-state index is 13.9. The topological polar surface area (TPSA) is 23.6 Å². The van der Waals surface area contributed by atoms with Gasteiger partial charge in [0, 0.05) is 36.6 Å². The second-order valence-electron chi connectivity index (χ2n) is 7.27. The average molecular weight is 353 g/mol. The monoisotopic (exact) mass is 352 g/mol. The molecule has 3 rings (SSSR count). The van der Waals surface area contributed by atoms with E-state index in [1.54, 1.807) is 12.1 Å². The van der Waals surface area contributed by atoms with E-state index in [0.717, 1.165) is 45.3 Å². The molecule has 132 valence electrons. The summed E-state index contributed by atoms with van der Waals surface area (Å²) in [5.41, 5.74) is 0.592. The van der Waals surface area contributed by atoms with Gasteiger partial charge in [-0.25, -0.2) is 4.39 Å². The molecule has 1 amide bonds. The van der Waals surface area contributed by atoms with E-state index in [0.29, 0.717) is 29.0 Å². The number of carbonyl (C=O) groups excluding carboxylic acids is 1. The van der Waals surface area contributed by atoms with Gasteiger partial charge in [-0.05, 0) is 56.8 Å². The minimum absolute atomic E-state index is 0.226. The molecular weight excluding hydrogens is 327 g/mol. The first kappa shape index (κ1) is 17.7. The first-order valence-electron chi connectivity index (χ1n) is 8.95. The summed E-state index contributed by atoms with van der Waals surface area (Å²) in [6, 6.07) is 4.85. The number of amides is 1. The van der Waals surface area contributed by atoms with Crippen LogP contribution in [0.5, 0.6) is 0 Å². The van der Waals surface area contributed by atoms with E-state index in [1.807, 2.05) is 11.9 Å². The van der Waals surface area contributed by atoms with E-state index in [4.69, 9.17) is 11.6 Å². The molecule has 1 aliphatic heterocycles. The Hall–Kier alpha value is -1.13. The van der Waals surface area contributed by atoms with E-state index >= 15 is 0 Å². The van der Waals surface area contributed by atoms with Gasteiger partial charge in [-0.3, -0.25) is 9.69 Å². The van der Waals surface area contributed by atoms with E-state index < -0.39 is 0 Å². The van der Waals surface area contributed by atoms with Crippen molar-refractivity contribution >= 4 is 17.5 Å². The molecule has 0 atom stereocenters. The maximum absolute atomic E-state index is 13.9. The van der Waals surface area contributed by atoms with Crippen molar-refractivity contribution in [3.8, 4) is 0 Å². The Morgan fingerprint density at radius 2 is 2.00 bits per heavy atom. The lowest BCUT2D eigenvalue weighted by Gasteiger charge is -2.36. The number of halogens is 2. The summed E-state index contributed by atoms with van der Waals surface area (Å²) in [6.07, 6.45) is 5.42. The van der Waals surface area contributed by atoms with Gasteiger partial charge in [-0.15, -0.1) is 0 Å². The number of piperidine rings is 1. The van der Waals surface area contributed by atoms with Crippen LogP contribution in [0.15, 0.2) is 18.2 Å². The van der Waals surface area contributed by atoms with Crippen molar-refractivity contribution < 1.29 is 9.18 Å². The van der Waals surface area contributed by atoms with Gasteiger partial charge in [0.15, 0.2) is 0 Å². The number of carbonyl (C=O) groups is 1. The number of benzene rings is 1. The fraction of sp³-hybridized carbons (Fsp3) is 0.632. The van der Waals surface area contributed by atoms with Gasteiger partial charge in [0.1, 0.15) is 5.82 Å². The van der Waals surface area contributed by atoms with Crippen LogP contribution in [0.25, 0.3) is 0 Å². The highest BCUT2D eigenvalue weighted by Gasteiger charge is 2.29. The predicted octanol–water partition coefficient (Wildman–Crippen LogP) is 3.95. The lowest BCUT2D eigenvalue weighted by molar-refractivity contribution is -0.137. The SMILES string of the molecule is CN(CC1CCN(Cc2c(F)cccc2Cl)CC1)C(=O)C1CCC1. The van der Waals surface area contributed by atoms with Crippen molar-refractivity contribution in [1.29, 1.82) is 0 Å². The first-order chi connectivity index (χ1) is 11.5. The van der Waals surface area contributed by atoms with E-state index in [9.17, 15) is 9.18 Å². The van der Waals surface area contributed by atoms with Crippen LogP contribution in [0.4, 0.5) is 4.39 Å². The van der Waals surface area contributed by atoms with Crippen molar-refractivity contribution in [3.05, 3.63) is 34.6 Å². The van der Waals surface area contributed by atoms with Gasteiger partial charge in [-0.2, -0.15) is 0 Å². The van der Waals surface area contributed by atoms with Crippen LogP contribution in [-0.2, 0) is 11.3 Å². The second-order valence-corrected chi connectivity index (χ2v) is 7.67. The Morgan fingerprint density at radius 3 is 2.58 bits per heavy atom. The van der Waals surface area contributed by atoms with Crippen LogP contribution >= 0.6 is 11.6 Å². The molecule has 1 heterocycles. The molecule has 2 aliphatic rings. The standard InChI is InChI=1S/C19H26ClFN2O/c1-22(19(24)15-4-2-5-15)12-14-8-10-23(11-9-14)13-16-17(20)6-3-7-18(16)21/h3,6-7,14-15H,2,4-5,8-13H2,1H3. The maximum Gasteiger partial charge on any atom is 0.225 e. The molecule has 0 N–H and O–H groups in total. The Balaban J connectivity index is 1.46. The Labute approximate surface area is 148 Å². The lowest BCUT2D eigenvalue weighted by Crippen LogP contribution is -2.42. The minimum atomic E-state index is -0.226. The normalized spacial score (nSPS) is 20.0. The summed E-state index contributed by atoms with van der Waals surface area (Å²) in [5, 5.41) is 0.503. The molecule has 1 saturated heterocycles. The highest BCUT2D eigenvalue weighted by molar-refractivity contribution is 6.31. The number of nitrogens with zero attached hydrogens (tertiary/aromatic N) is 2. The summed E-state index contributed by atoms with van der Waals surface area (Å²) in [5.74, 6) is 0.918. The van der Waals surface area contributed by atoms with Crippen LogP contribution in [0.3, 0.4) is 0 Å². The van der Waals surface area contributed by atoms with Crippen molar-refractivity contribution in [3.63, 3.8) is 0 Å². The number of hydrogen-bond acceptors (Lipinski definition) is 2. The van der Waals surface area contributed by atoms with Crippen LogP contribution < -0.4 is 0 Å². The molecule has 0 aromatic heterocycles. The van der Waals surface area contributed by atoms with Crippen molar-refractivity contribution in [2.45, 2.75) is 38.6 Å². The average Bonchev–Trinajstić information content (AvgIpc) is 2.51. The fourth-order valence-electron chi connectivity index (χ4n) is 3.68. The molecule has 3 nitrogen and oxygen atoms in total. The molecule has 0 radical (unpaired) electrons. The van der Waals surface area contributed by atoms with E-state index in [-0.39, 0.29) is 11.7 Å². The molecule has 1 aromatic carbocycles. The summed E-state index contributed by atoms with van der Waals surface area (Å²) in [4.78, 5) is 16.4. The number of hydrogen-bond donors (Lipinski definition) is 0. The minimum Gasteiger partial charge on any atom is -0.345 e. The molecule has 0 spiro atoms. The van der Waals surface area contributed by atoms with Crippen LogP contribution in [0, 0.1) is 17.7 Å². The quantitative estimate of drug-likeness (QED) is 0.801. The van der Waals surface area contributed by atoms with Crippen molar-refractivity contribution in [2.75, 3.05) is 26.7 Å². The summed E-state index contributed by atoms with van der Waals surface area (Å²) >= 11 is 6.12. The van der Waals surface area contributed by atoms with Crippen LogP contribution in [0.2, 0.25) is 5.02 Å². The van der Waals surface area contributed by atoms with Crippen LogP contribution in [0.1, 0.15) is 37.7 Å². The van der Waals surface area contributed by atoms with Gasteiger partial charge in [0.2, 0.25) is 5.91 Å². The molecule has 1 aliphatic carbocycles. The summed E-state index contributed by atoms with van der Waals surface area (Å²) in [6.45, 7) is 3.28. The second kappa shape index (κ2) is 7.83. The molecule has 0 unspecified atom stereocenters. The summed E-state index contributed by atoms with van der Waals surface area (Å²) < 4.78 is 13.9. The van der Waals surface area contributed by atoms with Crippen molar-refractivity contribution in [1.82, 2.24) is 9.80 Å². The van der Waals surface area contributed by atoms with E-state index in [2.05, 4.69) is 4.90 Å². The molecule has 2 fully saturated rings. The van der Waals surface area contributed by atoms with Gasteiger partial charge >= 0.3 is 0 Å². The third-order valence-corrected chi connectivity index (χ3v) is 5.87. The Bertz CT molecular complexity index is 562. The Kier molecular flexibility index (Phi) is 5.77. The molecule has 1 aromatic rings. The third kappa shape index (κ3) is 4.09. The zero-order valence-corrected chi connectivity index (χ0v) is 15.1. The Morgan fingerprint density at radius 1 is 1.29 bits per heavy atom. The molecule has 5 heteroatoms. The fourth-order valence-corrected chi connectivity index (χ4v) is 3.90. The molecule has 1 saturated carbocycles. The van der Waals surface area contributed by atoms with Gasteiger partial charge in [0.05, 0.1) is 0 Å². The van der Waals surface area contributed by atoms with E-state index in [1.165, 1.54) is 12.5 Å². The highest BCUT2D eigenvalue weighted by atomic mass is 35.5. The molecule has 0 bridgehead atoms. The first-order valence-corrected chi connectivity index (χ1v) is 9.32. The highest BCUT2D eigenvalue weighted by Crippen LogP contribution is 2.29. The number of rotatable bonds is 5. The van der Waals surface area contributed by atoms with Crippen molar-refractivity contribution in [2.24, 2.45) is 11.8 Å².